The predicted octanol–water partition coefficient (Wildman–Crippen LogP) is 0.871. The van der Waals surface area contributed by atoms with Crippen molar-refractivity contribution in [2.24, 2.45) is 0 Å². The molecule has 10 heteroatoms. The third-order valence-electron chi connectivity index (χ3n) is 2.37. The summed E-state index contributed by atoms with van der Waals surface area (Å²) >= 11 is 0. The van der Waals surface area contributed by atoms with Crippen LogP contribution >= 0.6 is 0 Å². The molecule has 7 nitrogen and oxygen atoms in total. The number of hydrogen-bond acceptors (Lipinski definition) is 6. The van der Waals surface area contributed by atoms with Crippen molar-refractivity contribution in [2.75, 3.05) is 19.8 Å². The summed E-state index contributed by atoms with van der Waals surface area (Å²) in [7, 11) is 0. The van der Waals surface area contributed by atoms with Crippen molar-refractivity contribution in [1.29, 1.82) is 0 Å². The minimum atomic E-state index is -4.85. The molecule has 0 saturated heterocycles. The number of esters is 1. The number of aliphatic hydroxyl groups excluding tert-OH is 1. The Balaban J connectivity index is 3.02. The summed E-state index contributed by atoms with van der Waals surface area (Å²) in [6.45, 7) is 2.72. The Morgan fingerprint density at radius 3 is 2.57 bits per heavy atom. The molecule has 0 bridgehead atoms. The number of carbonyl (C=O) groups is 1. The number of aromatic nitrogens is 3. The molecule has 0 amide bonds. The lowest BCUT2D eigenvalue weighted by molar-refractivity contribution is -0.145. The molecule has 1 aromatic rings. The molecule has 0 aliphatic carbocycles. The Hall–Kier alpha value is -1.68. The molecule has 0 radical (unpaired) electrons. The fraction of sp³-hybridized carbons (Fsp3) is 0.727. The van der Waals surface area contributed by atoms with Crippen molar-refractivity contribution in [1.82, 2.24) is 15.0 Å². The van der Waals surface area contributed by atoms with Crippen LogP contribution in [0.2, 0.25) is 0 Å². The number of aliphatic hydroxyl groups is 1. The van der Waals surface area contributed by atoms with E-state index in [4.69, 9.17) is 4.74 Å². The summed E-state index contributed by atoms with van der Waals surface area (Å²) in [4.78, 5) is 11.5. The summed E-state index contributed by atoms with van der Waals surface area (Å²) in [5.41, 5.74) is -2.27. The number of ether oxygens (including phenoxy) is 2. The van der Waals surface area contributed by atoms with Gasteiger partial charge in [0.05, 0.1) is 25.9 Å². The van der Waals surface area contributed by atoms with E-state index < -0.39 is 36.2 Å². The molecule has 0 aromatic carbocycles. The SMILES string of the molecule is CCOCC(O)Cn1nnc(C(=O)OCC)c1C(F)(F)F. The van der Waals surface area contributed by atoms with Gasteiger partial charge in [0.15, 0.2) is 5.69 Å². The van der Waals surface area contributed by atoms with Gasteiger partial charge in [-0.2, -0.15) is 13.2 Å². The zero-order chi connectivity index (χ0) is 16.0. The van der Waals surface area contributed by atoms with Crippen LogP contribution < -0.4 is 0 Å². The van der Waals surface area contributed by atoms with Crippen molar-refractivity contribution in [3.63, 3.8) is 0 Å². The molecule has 0 fully saturated rings. The maximum Gasteiger partial charge on any atom is 0.435 e. The Morgan fingerprint density at radius 2 is 2.05 bits per heavy atom. The smallest absolute Gasteiger partial charge is 0.435 e. The van der Waals surface area contributed by atoms with Gasteiger partial charge in [-0.25, -0.2) is 9.48 Å². The normalized spacial score (nSPS) is 13.2. The van der Waals surface area contributed by atoms with E-state index in [1.54, 1.807) is 6.92 Å². The average molecular weight is 311 g/mol. The first kappa shape index (κ1) is 17.4. The van der Waals surface area contributed by atoms with Crippen LogP contribution in [0.5, 0.6) is 0 Å². The molecule has 0 spiro atoms. The van der Waals surface area contributed by atoms with Crippen molar-refractivity contribution in [3.8, 4) is 0 Å². The predicted molar refractivity (Wildman–Crippen MR) is 63.5 cm³/mol. The van der Waals surface area contributed by atoms with Gasteiger partial charge in [0, 0.05) is 6.61 Å². The highest BCUT2D eigenvalue weighted by atomic mass is 19.4. The topological polar surface area (TPSA) is 86.5 Å². The Morgan fingerprint density at radius 1 is 1.38 bits per heavy atom. The third-order valence-corrected chi connectivity index (χ3v) is 2.37. The Kier molecular flexibility index (Phi) is 6.09. The van der Waals surface area contributed by atoms with E-state index >= 15 is 0 Å². The lowest BCUT2D eigenvalue weighted by Crippen LogP contribution is -2.27. The van der Waals surface area contributed by atoms with Crippen molar-refractivity contribution in [3.05, 3.63) is 11.4 Å². The minimum Gasteiger partial charge on any atom is -0.461 e. The number of halogens is 3. The van der Waals surface area contributed by atoms with Gasteiger partial charge < -0.3 is 14.6 Å². The second-order valence-corrected chi connectivity index (χ2v) is 4.00. The first-order chi connectivity index (χ1) is 9.81. The largest absolute Gasteiger partial charge is 0.461 e. The quantitative estimate of drug-likeness (QED) is 0.752. The molecule has 1 unspecified atom stereocenters. The molecule has 0 saturated carbocycles. The molecule has 120 valence electrons. The second-order valence-electron chi connectivity index (χ2n) is 4.00. The van der Waals surface area contributed by atoms with Crippen LogP contribution in [0.3, 0.4) is 0 Å². The van der Waals surface area contributed by atoms with Gasteiger partial charge in [-0.3, -0.25) is 0 Å². The highest BCUT2D eigenvalue weighted by molar-refractivity contribution is 5.88. The lowest BCUT2D eigenvalue weighted by Gasteiger charge is -2.14. The molecule has 0 aliphatic heterocycles. The summed E-state index contributed by atoms with van der Waals surface area (Å²) in [5.74, 6) is -1.21. The summed E-state index contributed by atoms with van der Waals surface area (Å²) < 4.78 is 48.9. The van der Waals surface area contributed by atoms with E-state index in [1.807, 2.05) is 0 Å². The molecule has 1 N–H and O–H groups in total. The monoisotopic (exact) mass is 311 g/mol. The third kappa shape index (κ3) is 4.67. The van der Waals surface area contributed by atoms with Gasteiger partial charge in [0.25, 0.3) is 0 Å². The van der Waals surface area contributed by atoms with Crippen molar-refractivity contribution >= 4 is 5.97 Å². The standard InChI is InChI=1S/C11H16F3N3O4/c1-3-20-6-7(18)5-17-9(11(12,13)14)8(15-16-17)10(19)21-4-2/h7,18H,3-6H2,1-2H3. The minimum absolute atomic E-state index is 0.0873. The molecule has 21 heavy (non-hydrogen) atoms. The van der Waals surface area contributed by atoms with Crippen LogP contribution in [0, 0.1) is 0 Å². The maximum atomic E-state index is 13.0. The van der Waals surface area contributed by atoms with E-state index in [2.05, 4.69) is 15.0 Å². The molecule has 1 atom stereocenters. The van der Waals surface area contributed by atoms with E-state index in [1.165, 1.54) is 6.92 Å². The molecule has 0 aliphatic rings. The fourth-order valence-electron chi connectivity index (χ4n) is 1.56. The highest BCUT2D eigenvalue weighted by Gasteiger charge is 2.42. The van der Waals surface area contributed by atoms with E-state index in [0.29, 0.717) is 11.3 Å². The number of hydrogen-bond donors (Lipinski definition) is 1. The number of carbonyl (C=O) groups excluding carboxylic acids is 1. The van der Waals surface area contributed by atoms with E-state index in [9.17, 15) is 23.1 Å². The average Bonchev–Trinajstić information content (AvgIpc) is 2.80. The van der Waals surface area contributed by atoms with E-state index in [0.717, 1.165) is 0 Å². The number of nitrogens with zero attached hydrogens (tertiary/aromatic N) is 3. The van der Waals surface area contributed by atoms with Crippen LogP contribution in [0.4, 0.5) is 13.2 Å². The van der Waals surface area contributed by atoms with Gasteiger partial charge in [0.1, 0.15) is 0 Å². The van der Waals surface area contributed by atoms with Crippen molar-refractivity contribution < 1.29 is 32.5 Å². The van der Waals surface area contributed by atoms with Gasteiger partial charge >= 0.3 is 12.1 Å². The van der Waals surface area contributed by atoms with Crippen LogP contribution in [-0.2, 0) is 22.2 Å². The van der Waals surface area contributed by atoms with Gasteiger partial charge in [0.2, 0.25) is 5.69 Å². The zero-order valence-corrected chi connectivity index (χ0v) is 11.6. The molecule has 1 heterocycles. The van der Waals surface area contributed by atoms with Crippen LogP contribution in [-0.4, -0.2) is 52.0 Å². The first-order valence-corrected chi connectivity index (χ1v) is 6.24. The lowest BCUT2D eigenvalue weighted by atomic mass is 10.3. The van der Waals surface area contributed by atoms with Crippen LogP contribution in [0.25, 0.3) is 0 Å². The summed E-state index contributed by atoms with van der Waals surface area (Å²) in [5, 5.41) is 16.0. The molecular formula is C11H16F3N3O4. The van der Waals surface area contributed by atoms with E-state index in [-0.39, 0.29) is 13.2 Å². The van der Waals surface area contributed by atoms with Crippen molar-refractivity contribution in [2.45, 2.75) is 32.7 Å². The molecule has 1 rings (SSSR count). The summed E-state index contributed by atoms with van der Waals surface area (Å²) in [6, 6.07) is 0. The summed E-state index contributed by atoms with van der Waals surface area (Å²) in [6.07, 6.45) is -6.06. The zero-order valence-electron chi connectivity index (χ0n) is 11.6. The van der Waals surface area contributed by atoms with Gasteiger partial charge in [-0.1, -0.05) is 5.21 Å². The maximum absolute atomic E-state index is 13.0. The second kappa shape index (κ2) is 7.36. The van der Waals surface area contributed by atoms with Gasteiger partial charge in [-0.15, -0.1) is 5.10 Å². The van der Waals surface area contributed by atoms with Crippen LogP contribution in [0.15, 0.2) is 0 Å². The van der Waals surface area contributed by atoms with Crippen LogP contribution in [0.1, 0.15) is 30.0 Å². The Bertz CT molecular complexity index is 476. The Labute approximate surface area is 118 Å². The molecule has 1 aromatic heterocycles. The highest BCUT2D eigenvalue weighted by Crippen LogP contribution is 2.31. The van der Waals surface area contributed by atoms with Gasteiger partial charge in [-0.05, 0) is 13.8 Å². The number of rotatable bonds is 7. The number of alkyl halides is 3. The molecular weight excluding hydrogens is 295 g/mol. The first-order valence-electron chi connectivity index (χ1n) is 6.24. The fourth-order valence-corrected chi connectivity index (χ4v) is 1.56.